The number of thioether (sulfide) groups is 1. The van der Waals surface area contributed by atoms with E-state index in [4.69, 9.17) is 5.11 Å². The van der Waals surface area contributed by atoms with Crippen LogP contribution in [0.25, 0.3) is 0 Å². The fourth-order valence-electron chi connectivity index (χ4n) is 1.39. The molecular formula is C12H17NO2S. The number of hydrogen-bond donors (Lipinski definition) is 2. The summed E-state index contributed by atoms with van der Waals surface area (Å²) in [6.07, 6.45) is 2.64. The second-order valence-electron chi connectivity index (χ2n) is 3.54. The molecule has 2 N–H and O–H groups in total. The third-order valence-electron chi connectivity index (χ3n) is 2.30. The van der Waals surface area contributed by atoms with E-state index >= 15 is 0 Å². The van der Waals surface area contributed by atoms with E-state index in [0.29, 0.717) is 13.0 Å². The second kappa shape index (κ2) is 7.30. The molecule has 0 aromatic heterocycles. The van der Waals surface area contributed by atoms with Gasteiger partial charge < -0.3 is 10.4 Å². The van der Waals surface area contributed by atoms with Gasteiger partial charge in [0.1, 0.15) is 6.04 Å². The number of carbonyl (C=O) groups is 1. The predicted molar refractivity (Wildman–Crippen MR) is 67.7 cm³/mol. The van der Waals surface area contributed by atoms with Gasteiger partial charge in [-0.2, -0.15) is 11.8 Å². The topological polar surface area (TPSA) is 49.3 Å². The highest BCUT2D eigenvalue weighted by Crippen LogP contribution is 2.03. The highest BCUT2D eigenvalue weighted by molar-refractivity contribution is 7.98. The Balaban J connectivity index is 2.41. The molecule has 88 valence electrons. The molecule has 1 aromatic carbocycles. The minimum Gasteiger partial charge on any atom is -0.480 e. The monoisotopic (exact) mass is 239 g/mol. The molecule has 3 nitrogen and oxygen atoms in total. The van der Waals surface area contributed by atoms with Gasteiger partial charge in [-0.1, -0.05) is 30.3 Å². The molecule has 0 heterocycles. The highest BCUT2D eigenvalue weighted by Gasteiger charge is 2.15. The zero-order valence-electron chi connectivity index (χ0n) is 9.35. The van der Waals surface area contributed by atoms with Crippen LogP contribution < -0.4 is 5.32 Å². The van der Waals surface area contributed by atoms with Crippen molar-refractivity contribution in [2.45, 2.75) is 19.0 Å². The van der Waals surface area contributed by atoms with Crippen LogP contribution in [0, 0.1) is 0 Å². The van der Waals surface area contributed by atoms with Crippen LogP contribution in [0.2, 0.25) is 0 Å². The fourth-order valence-corrected chi connectivity index (χ4v) is 1.86. The number of hydrogen-bond acceptors (Lipinski definition) is 3. The lowest BCUT2D eigenvalue weighted by atomic mass is 10.2. The van der Waals surface area contributed by atoms with E-state index in [1.165, 1.54) is 0 Å². The van der Waals surface area contributed by atoms with Crippen molar-refractivity contribution >= 4 is 17.7 Å². The predicted octanol–water partition coefficient (Wildman–Crippen LogP) is 1.98. The Hall–Kier alpha value is -1.00. The average molecular weight is 239 g/mol. The standard InChI is InChI=1S/C12H17NO2S/c1-16-8-7-11(12(14)15)13-9-10-5-3-2-4-6-10/h2-6,11,13H,7-9H2,1H3,(H,14,15). The van der Waals surface area contributed by atoms with E-state index < -0.39 is 12.0 Å². The fraction of sp³-hybridized carbons (Fsp3) is 0.417. The van der Waals surface area contributed by atoms with Crippen LogP contribution in [0.15, 0.2) is 30.3 Å². The van der Waals surface area contributed by atoms with Crippen LogP contribution in [0.3, 0.4) is 0 Å². The maximum absolute atomic E-state index is 11.0. The van der Waals surface area contributed by atoms with Gasteiger partial charge in [0.05, 0.1) is 0 Å². The first-order valence-electron chi connectivity index (χ1n) is 5.23. The van der Waals surface area contributed by atoms with E-state index in [0.717, 1.165) is 11.3 Å². The Kier molecular flexibility index (Phi) is 5.96. The van der Waals surface area contributed by atoms with Crippen LogP contribution in [-0.2, 0) is 11.3 Å². The van der Waals surface area contributed by atoms with Gasteiger partial charge in [-0.15, -0.1) is 0 Å². The summed E-state index contributed by atoms with van der Waals surface area (Å²) < 4.78 is 0. The summed E-state index contributed by atoms with van der Waals surface area (Å²) in [5.74, 6) is 0.0867. The Morgan fingerprint density at radius 2 is 2.12 bits per heavy atom. The Morgan fingerprint density at radius 3 is 2.69 bits per heavy atom. The third-order valence-corrected chi connectivity index (χ3v) is 2.95. The van der Waals surface area contributed by atoms with Crippen molar-refractivity contribution in [2.24, 2.45) is 0 Å². The van der Waals surface area contributed by atoms with E-state index in [2.05, 4.69) is 5.32 Å². The summed E-state index contributed by atoms with van der Waals surface area (Å²) in [5, 5.41) is 12.1. The molecule has 0 saturated carbocycles. The molecule has 0 radical (unpaired) electrons. The van der Waals surface area contributed by atoms with Gasteiger partial charge in [0, 0.05) is 6.54 Å². The number of benzene rings is 1. The largest absolute Gasteiger partial charge is 0.480 e. The lowest BCUT2D eigenvalue weighted by Gasteiger charge is -2.13. The van der Waals surface area contributed by atoms with Crippen LogP contribution in [0.1, 0.15) is 12.0 Å². The number of aliphatic carboxylic acids is 1. The van der Waals surface area contributed by atoms with E-state index in [1.54, 1.807) is 11.8 Å². The first kappa shape index (κ1) is 13.1. The Morgan fingerprint density at radius 1 is 1.44 bits per heavy atom. The van der Waals surface area contributed by atoms with Crippen molar-refractivity contribution in [2.75, 3.05) is 12.0 Å². The molecule has 0 aliphatic heterocycles. The quantitative estimate of drug-likeness (QED) is 0.764. The molecule has 16 heavy (non-hydrogen) atoms. The number of nitrogens with one attached hydrogen (secondary N) is 1. The van der Waals surface area contributed by atoms with Gasteiger partial charge >= 0.3 is 5.97 Å². The van der Waals surface area contributed by atoms with E-state index in [9.17, 15) is 4.79 Å². The lowest BCUT2D eigenvalue weighted by Crippen LogP contribution is -2.36. The minimum atomic E-state index is -0.773. The molecule has 1 rings (SSSR count). The SMILES string of the molecule is CSCCC(NCc1ccccc1)C(=O)O. The Bertz CT molecular complexity index is 316. The third kappa shape index (κ3) is 4.68. The molecule has 0 aliphatic carbocycles. The van der Waals surface area contributed by atoms with Crippen LogP contribution in [0.4, 0.5) is 0 Å². The first-order chi connectivity index (χ1) is 7.74. The smallest absolute Gasteiger partial charge is 0.320 e. The zero-order valence-corrected chi connectivity index (χ0v) is 10.2. The van der Waals surface area contributed by atoms with E-state index in [1.807, 2.05) is 36.6 Å². The number of carboxylic acids is 1. The van der Waals surface area contributed by atoms with Crippen LogP contribution in [-0.4, -0.2) is 29.1 Å². The van der Waals surface area contributed by atoms with Gasteiger partial charge in [0.15, 0.2) is 0 Å². The van der Waals surface area contributed by atoms with Crippen molar-refractivity contribution in [3.8, 4) is 0 Å². The molecule has 0 fully saturated rings. The summed E-state index contributed by atoms with van der Waals surface area (Å²) in [6, 6.07) is 9.38. The van der Waals surface area contributed by atoms with E-state index in [-0.39, 0.29) is 0 Å². The van der Waals surface area contributed by atoms with Crippen molar-refractivity contribution in [3.05, 3.63) is 35.9 Å². The summed E-state index contributed by atoms with van der Waals surface area (Å²) in [5.41, 5.74) is 1.11. The molecule has 1 aromatic rings. The maximum Gasteiger partial charge on any atom is 0.320 e. The summed E-state index contributed by atoms with van der Waals surface area (Å²) in [7, 11) is 0. The first-order valence-corrected chi connectivity index (χ1v) is 6.62. The molecule has 1 unspecified atom stereocenters. The van der Waals surface area contributed by atoms with Gasteiger partial charge in [-0.05, 0) is 24.0 Å². The summed E-state index contributed by atoms with van der Waals surface area (Å²) in [4.78, 5) is 11.0. The molecule has 0 aliphatic rings. The molecule has 0 saturated heterocycles. The second-order valence-corrected chi connectivity index (χ2v) is 4.52. The van der Waals surface area contributed by atoms with Gasteiger partial charge in [-0.3, -0.25) is 4.79 Å². The molecule has 1 atom stereocenters. The molecule has 4 heteroatoms. The molecule has 0 bridgehead atoms. The molecule has 0 spiro atoms. The van der Waals surface area contributed by atoms with Crippen LogP contribution in [0.5, 0.6) is 0 Å². The average Bonchev–Trinajstić information content (AvgIpc) is 2.30. The van der Waals surface area contributed by atoms with Gasteiger partial charge in [-0.25, -0.2) is 0 Å². The minimum absolute atomic E-state index is 0.451. The van der Waals surface area contributed by atoms with Crippen molar-refractivity contribution < 1.29 is 9.90 Å². The zero-order chi connectivity index (χ0) is 11.8. The lowest BCUT2D eigenvalue weighted by molar-refractivity contribution is -0.139. The molecule has 0 amide bonds. The normalized spacial score (nSPS) is 12.3. The Labute approximate surface area is 100 Å². The van der Waals surface area contributed by atoms with Crippen molar-refractivity contribution in [1.29, 1.82) is 0 Å². The van der Waals surface area contributed by atoms with Gasteiger partial charge in [0.25, 0.3) is 0 Å². The summed E-state index contributed by atoms with van der Waals surface area (Å²) >= 11 is 1.67. The maximum atomic E-state index is 11.0. The molecular weight excluding hydrogens is 222 g/mol. The number of carboxylic acid groups (broad SMARTS) is 1. The number of rotatable bonds is 7. The van der Waals surface area contributed by atoms with Crippen LogP contribution >= 0.6 is 11.8 Å². The van der Waals surface area contributed by atoms with Crippen molar-refractivity contribution in [1.82, 2.24) is 5.32 Å². The van der Waals surface area contributed by atoms with Gasteiger partial charge in [0.2, 0.25) is 0 Å². The van der Waals surface area contributed by atoms with Crippen molar-refractivity contribution in [3.63, 3.8) is 0 Å². The summed E-state index contributed by atoms with van der Waals surface area (Å²) in [6.45, 7) is 0.603. The highest BCUT2D eigenvalue weighted by atomic mass is 32.2.